The number of aliphatic carboxylic acids is 1. The molecule has 0 saturated heterocycles. The first-order chi connectivity index (χ1) is 9.44. The van der Waals surface area contributed by atoms with Gasteiger partial charge in [-0.1, -0.05) is 0 Å². The van der Waals surface area contributed by atoms with Gasteiger partial charge in [-0.25, -0.2) is 0 Å². The Kier molecular flexibility index (Phi) is 5.19. The van der Waals surface area contributed by atoms with Gasteiger partial charge in [0.1, 0.15) is 6.04 Å². The summed E-state index contributed by atoms with van der Waals surface area (Å²) in [5, 5.41) is 11.1. The van der Waals surface area contributed by atoms with Gasteiger partial charge in [-0.2, -0.15) is 0 Å². The topological polar surface area (TPSA) is 94.1 Å². The standard InChI is InChI=1S/C13H17NO6/c1-7(13(16)17)14-12(15)8-5-9(18-2)11(20-4)10(6-8)19-3/h5-7H,1-4H3,(H,14,15)(H,16,17). The van der Waals surface area contributed by atoms with Crippen LogP contribution in [0.2, 0.25) is 0 Å². The molecule has 20 heavy (non-hydrogen) atoms. The number of amides is 1. The maximum Gasteiger partial charge on any atom is 0.325 e. The van der Waals surface area contributed by atoms with E-state index < -0.39 is 17.9 Å². The van der Waals surface area contributed by atoms with Crippen molar-refractivity contribution < 1.29 is 28.9 Å². The third-order valence-electron chi connectivity index (χ3n) is 2.64. The van der Waals surface area contributed by atoms with Crippen molar-refractivity contribution in [1.29, 1.82) is 0 Å². The highest BCUT2D eigenvalue weighted by Crippen LogP contribution is 2.38. The number of benzene rings is 1. The normalized spacial score (nSPS) is 11.4. The average Bonchev–Trinajstić information content (AvgIpc) is 2.45. The molecule has 7 nitrogen and oxygen atoms in total. The molecule has 0 saturated carbocycles. The van der Waals surface area contributed by atoms with E-state index in [0.29, 0.717) is 17.2 Å². The van der Waals surface area contributed by atoms with Gasteiger partial charge in [-0.15, -0.1) is 0 Å². The Balaban J connectivity index is 3.13. The molecule has 7 heteroatoms. The molecule has 0 aliphatic carbocycles. The SMILES string of the molecule is COc1cc(C(=O)NC(C)C(=O)O)cc(OC)c1OC. The van der Waals surface area contributed by atoms with Gasteiger partial charge in [0.05, 0.1) is 21.3 Å². The van der Waals surface area contributed by atoms with Crippen LogP contribution in [0.4, 0.5) is 0 Å². The second kappa shape index (κ2) is 6.65. The number of hydrogen-bond acceptors (Lipinski definition) is 5. The molecule has 0 aliphatic rings. The second-order valence-corrected chi connectivity index (χ2v) is 3.95. The van der Waals surface area contributed by atoms with Crippen LogP contribution in [0.25, 0.3) is 0 Å². The van der Waals surface area contributed by atoms with E-state index in [2.05, 4.69) is 5.32 Å². The number of hydrogen-bond donors (Lipinski definition) is 2. The molecule has 110 valence electrons. The number of carboxylic acids is 1. The lowest BCUT2D eigenvalue weighted by Crippen LogP contribution is -2.38. The number of carbonyl (C=O) groups is 2. The van der Waals surface area contributed by atoms with E-state index in [1.54, 1.807) is 0 Å². The summed E-state index contributed by atoms with van der Waals surface area (Å²) in [5.41, 5.74) is 0.215. The Bertz CT molecular complexity index is 489. The third kappa shape index (κ3) is 3.31. The van der Waals surface area contributed by atoms with Crippen molar-refractivity contribution in [3.05, 3.63) is 17.7 Å². The molecule has 0 heterocycles. The maximum absolute atomic E-state index is 12.0. The van der Waals surface area contributed by atoms with Gasteiger partial charge in [-0.3, -0.25) is 9.59 Å². The highest BCUT2D eigenvalue weighted by atomic mass is 16.5. The Morgan fingerprint density at radius 3 is 1.95 bits per heavy atom. The predicted octanol–water partition coefficient (Wildman–Crippen LogP) is 0.915. The number of nitrogens with one attached hydrogen (secondary N) is 1. The predicted molar refractivity (Wildman–Crippen MR) is 70.7 cm³/mol. The van der Waals surface area contributed by atoms with Crippen LogP contribution in [0.3, 0.4) is 0 Å². The van der Waals surface area contributed by atoms with Crippen molar-refractivity contribution >= 4 is 11.9 Å². The van der Waals surface area contributed by atoms with Crippen molar-refractivity contribution in [2.45, 2.75) is 13.0 Å². The van der Waals surface area contributed by atoms with E-state index in [-0.39, 0.29) is 5.56 Å². The minimum absolute atomic E-state index is 0.215. The van der Waals surface area contributed by atoms with Crippen LogP contribution in [0.15, 0.2) is 12.1 Å². The van der Waals surface area contributed by atoms with E-state index in [0.717, 1.165) is 0 Å². The number of methoxy groups -OCH3 is 3. The highest BCUT2D eigenvalue weighted by Gasteiger charge is 2.19. The molecule has 1 aromatic rings. The second-order valence-electron chi connectivity index (χ2n) is 3.95. The molecule has 0 aromatic heterocycles. The van der Waals surface area contributed by atoms with Crippen LogP contribution in [0.5, 0.6) is 17.2 Å². The summed E-state index contributed by atoms with van der Waals surface area (Å²) in [4.78, 5) is 22.7. The van der Waals surface area contributed by atoms with Gasteiger partial charge in [-0.05, 0) is 19.1 Å². The van der Waals surface area contributed by atoms with Crippen LogP contribution in [-0.2, 0) is 4.79 Å². The van der Waals surface area contributed by atoms with E-state index in [1.807, 2.05) is 0 Å². The van der Waals surface area contributed by atoms with Crippen molar-refractivity contribution in [3.8, 4) is 17.2 Å². The molecule has 0 aliphatic heterocycles. The van der Waals surface area contributed by atoms with E-state index in [1.165, 1.54) is 40.4 Å². The van der Waals surface area contributed by atoms with Crippen molar-refractivity contribution in [2.24, 2.45) is 0 Å². The third-order valence-corrected chi connectivity index (χ3v) is 2.64. The van der Waals surface area contributed by atoms with Crippen LogP contribution >= 0.6 is 0 Å². The summed E-state index contributed by atoms with van der Waals surface area (Å²) in [7, 11) is 4.31. The molecule has 2 N–H and O–H groups in total. The summed E-state index contributed by atoms with van der Waals surface area (Å²) in [6, 6.07) is 1.90. The number of rotatable bonds is 6. The Morgan fingerprint density at radius 1 is 1.10 bits per heavy atom. The quantitative estimate of drug-likeness (QED) is 0.806. The Morgan fingerprint density at radius 2 is 1.60 bits per heavy atom. The molecule has 0 radical (unpaired) electrons. The van der Waals surface area contributed by atoms with Crippen molar-refractivity contribution in [2.75, 3.05) is 21.3 Å². The average molecular weight is 283 g/mol. The van der Waals surface area contributed by atoms with Crippen LogP contribution < -0.4 is 19.5 Å². The summed E-state index contributed by atoms with van der Waals surface area (Å²) in [6.07, 6.45) is 0. The number of ether oxygens (including phenoxy) is 3. The van der Waals surface area contributed by atoms with Gasteiger partial charge in [0.15, 0.2) is 11.5 Å². The monoisotopic (exact) mass is 283 g/mol. The van der Waals surface area contributed by atoms with Gasteiger partial charge in [0.25, 0.3) is 5.91 Å². The van der Waals surface area contributed by atoms with E-state index in [4.69, 9.17) is 19.3 Å². The molecule has 1 amide bonds. The van der Waals surface area contributed by atoms with Crippen molar-refractivity contribution in [1.82, 2.24) is 5.32 Å². The first kappa shape index (κ1) is 15.6. The minimum atomic E-state index is -1.12. The largest absolute Gasteiger partial charge is 0.493 e. The zero-order chi connectivity index (χ0) is 15.3. The molecular weight excluding hydrogens is 266 g/mol. The molecule has 1 atom stereocenters. The maximum atomic E-state index is 12.0. The van der Waals surface area contributed by atoms with E-state index in [9.17, 15) is 9.59 Å². The number of carboxylic acid groups (broad SMARTS) is 1. The van der Waals surface area contributed by atoms with Gasteiger partial charge in [0.2, 0.25) is 5.75 Å². The lowest BCUT2D eigenvalue weighted by molar-refractivity contribution is -0.138. The fraction of sp³-hybridized carbons (Fsp3) is 0.385. The molecule has 0 fully saturated rings. The highest BCUT2D eigenvalue weighted by molar-refractivity contribution is 5.97. The molecule has 1 rings (SSSR count). The van der Waals surface area contributed by atoms with Crippen LogP contribution in [0, 0.1) is 0 Å². The molecule has 1 unspecified atom stereocenters. The Hall–Kier alpha value is -2.44. The van der Waals surface area contributed by atoms with Gasteiger partial charge < -0.3 is 24.6 Å². The first-order valence-electron chi connectivity index (χ1n) is 5.78. The zero-order valence-electron chi connectivity index (χ0n) is 11.7. The smallest absolute Gasteiger partial charge is 0.325 e. The fourth-order valence-corrected chi connectivity index (χ4v) is 1.55. The van der Waals surface area contributed by atoms with Gasteiger partial charge in [0, 0.05) is 5.56 Å². The molecule has 0 bridgehead atoms. The summed E-state index contributed by atoms with van der Waals surface area (Å²) >= 11 is 0. The molecule has 1 aromatic carbocycles. The minimum Gasteiger partial charge on any atom is -0.493 e. The molecule has 0 spiro atoms. The van der Waals surface area contributed by atoms with E-state index >= 15 is 0 Å². The summed E-state index contributed by atoms with van der Waals surface area (Å²) < 4.78 is 15.4. The zero-order valence-corrected chi connectivity index (χ0v) is 11.7. The first-order valence-corrected chi connectivity index (χ1v) is 5.78. The van der Waals surface area contributed by atoms with Gasteiger partial charge >= 0.3 is 5.97 Å². The van der Waals surface area contributed by atoms with Crippen LogP contribution in [0.1, 0.15) is 17.3 Å². The van der Waals surface area contributed by atoms with Crippen LogP contribution in [-0.4, -0.2) is 44.4 Å². The lowest BCUT2D eigenvalue weighted by Gasteiger charge is -2.15. The Labute approximate surface area is 116 Å². The fourth-order valence-electron chi connectivity index (χ4n) is 1.55. The summed E-state index contributed by atoms with van der Waals surface area (Å²) in [5.74, 6) is -0.664. The number of carbonyl (C=O) groups excluding carboxylic acids is 1. The van der Waals surface area contributed by atoms with Crippen molar-refractivity contribution in [3.63, 3.8) is 0 Å². The molecular formula is C13H17NO6. The lowest BCUT2D eigenvalue weighted by atomic mass is 10.1. The summed E-state index contributed by atoms with van der Waals surface area (Å²) in [6.45, 7) is 1.37.